The van der Waals surface area contributed by atoms with Crippen LogP contribution in [-0.4, -0.2) is 34.5 Å². The molecule has 0 spiro atoms. The second-order valence-electron chi connectivity index (χ2n) is 9.99. The number of rotatable bonds is 7. The maximum Gasteiger partial charge on any atom is 0.425 e. The van der Waals surface area contributed by atoms with Crippen molar-refractivity contribution in [3.05, 3.63) is 137 Å². The molecule has 4 heterocycles. The SMILES string of the molecule is [C-]#[N+]c1cn(-c2cc(N(c3ccccc3)c3ccccc3)cc(C(F)(F)c3ccnc(-n4cc(C#N)c(C)n4)n3)n2)nc1C(F)(F)F. The largest absolute Gasteiger partial charge is 0.425 e. The molecule has 0 fully saturated rings. The second kappa shape index (κ2) is 11.8. The standard InChI is InChI=1S/C32H19F5N10/c1-20-21(17-38)18-46(43-20)30-40-14-13-26(42-30)31(33,34)27-15-24(47(22-9-5-3-6-10-22)23-11-7-4-8-12-23)16-28(41-27)45-19-25(39-2)29(44-45)32(35,36)37/h3-16,18-19H,1H3. The van der Waals surface area contributed by atoms with E-state index >= 15 is 8.78 Å². The number of aryl methyl sites for hydroxylation is 1. The van der Waals surface area contributed by atoms with Crippen molar-refractivity contribution in [3.63, 3.8) is 0 Å². The first-order valence-electron chi connectivity index (χ1n) is 13.6. The van der Waals surface area contributed by atoms with Gasteiger partial charge in [0.15, 0.2) is 11.5 Å². The number of alkyl halides is 5. The maximum atomic E-state index is 16.5. The van der Waals surface area contributed by atoms with Crippen LogP contribution in [0, 0.1) is 24.8 Å². The summed E-state index contributed by atoms with van der Waals surface area (Å²) >= 11 is 0. The molecule has 6 rings (SSSR count). The molecule has 0 atom stereocenters. The van der Waals surface area contributed by atoms with Gasteiger partial charge in [0.2, 0.25) is 5.69 Å². The molecule has 0 N–H and O–H groups in total. The van der Waals surface area contributed by atoms with E-state index < -0.39 is 40.7 Å². The lowest BCUT2D eigenvalue weighted by atomic mass is 10.1. The van der Waals surface area contributed by atoms with Crippen LogP contribution in [0.5, 0.6) is 0 Å². The van der Waals surface area contributed by atoms with Gasteiger partial charge in [-0.15, -0.1) is 0 Å². The van der Waals surface area contributed by atoms with E-state index in [4.69, 9.17) is 6.57 Å². The number of nitriles is 1. The first kappa shape index (κ1) is 30.5. The zero-order valence-electron chi connectivity index (χ0n) is 24.1. The molecule has 0 aliphatic carbocycles. The van der Waals surface area contributed by atoms with Crippen molar-refractivity contribution in [3.8, 4) is 17.8 Å². The average molecular weight is 639 g/mol. The topological polar surface area (TPSA) is 106 Å². The van der Waals surface area contributed by atoms with Crippen LogP contribution in [0.3, 0.4) is 0 Å². The molecule has 0 saturated carbocycles. The zero-order chi connectivity index (χ0) is 33.3. The maximum absolute atomic E-state index is 16.5. The Hall–Kier alpha value is -6.48. The zero-order valence-corrected chi connectivity index (χ0v) is 24.1. The van der Waals surface area contributed by atoms with Gasteiger partial charge in [-0.25, -0.2) is 29.2 Å². The fraction of sp³-hybridized carbons (Fsp3) is 0.0938. The highest BCUT2D eigenvalue weighted by Crippen LogP contribution is 2.41. The summed E-state index contributed by atoms with van der Waals surface area (Å²) in [7, 11) is 0. The number of hydrogen-bond donors (Lipinski definition) is 0. The van der Waals surface area contributed by atoms with Crippen LogP contribution in [0.4, 0.5) is 44.7 Å². The van der Waals surface area contributed by atoms with Gasteiger partial charge < -0.3 is 4.90 Å². The summed E-state index contributed by atoms with van der Waals surface area (Å²) in [6, 6.07) is 22.7. The molecule has 0 aliphatic rings. The van der Waals surface area contributed by atoms with Crippen molar-refractivity contribution in [1.29, 1.82) is 5.26 Å². The van der Waals surface area contributed by atoms with Crippen LogP contribution < -0.4 is 4.90 Å². The Morgan fingerprint density at radius 3 is 2.02 bits per heavy atom. The fourth-order valence-corrected chi connectivity index (χ4v) is 4.71. The van der Waals surface area contributed by atoms with E-state index in [-0.39, 0.29) is 17.2 Å². The minimum atomic E-state index is -4.98. The van der Waals surface area contributed by atoms with Crippen molar-refractivity contribution < 1.29 is 22.0 Å². The van der Waals surface area contributed by atoms with Crippen molar-refractivity contribution in [2.24, 2.45) is 0 Å². The molecular formula is C32H19F5N10. The Morgan fingerprint density at radius 1 is 0.809 bits per heavy atom. The normalized spacial score (nSPS) is 11.6. The van der Waals surface area contributed by atoms with Gasteiger partial charge in [-0.3, -0.25) is 0 Å². The lowest BCUT2D eigenvalue weighted by Crippen LogP contribution is -2.22. The summed E-state index contributed by atoms with van der Waals surface area (Å²) in [4.78, 5) is 16.6. The molecular weight excluding hydrogens is 619 g/mol. The summed E-state index contributed by atoms with van der Waals surface area (Å²) in [5.74, 6) is -4.60. The molecule has 4 aromatic heterocycles. The molecule has 0 unspecified atom stereocenters. The molecule has 2 aromatic carbocycles. The number of halogens is 5. The minimum Gasteiger partial charge on any atom is -0.310 e. The van der Waals surface area contributed by atoms with Gasteiger partial charge in [0.05, 0.1) is 29.7 Å². The Morgan fingerprint density at radius 2 is 1.47 bits per heavy atom. The van der Waals surface area contributed by atoms with Gasteiger partial charge in [-0.05, 0) is 43.3 Å². The summed E-state index contributed by atoms with van der Waals surface area (Å²) < 4.78 is 75.9. The van der Waals surface area contributed by atoms with Crippen LogP contribution >= 0.6 is 0 Å². The number of para-hydroxylation sites is 2. The fourth-order valence-electron chi connectivity index (χ4n) is 4.71. The van der Waals surface area contributed by atoms with Gasteiger partial charge in [0, 0.05) is 29.8 Å². The number of nitrogens with zero attached hydrogens (tertiary/aromatic N) is 10. The van der Waals surface area contributed by atoms with Crippen molar-refractivity contribution in [2.75, 3.05) is 4.90 Å². The van der Waals surface area contributed by atoms with E-state index in [2.05, 4.69) is 30.0 Å². The third-order valence-corrected chi connectivity index (χ3v) is 6.91. The monoisotopic (exact) mass is 638 g/mol. The molecule has 232 valence electrons. The van der Waals surface area contributed by atoms with E-state index in [0.717, 1.165) is 29.2 Å². The predicted molar refractivity (Wildman–Crippen MR) is 159 cm³/mol. The lowest BCUT2D eigenvalue weighted by molar-refractivity contribution is -0.140. The van der Waals surface area contributed by atoms with Crippen molar-refractivity contribution in [2.45, 2.75) is 19.0 Å². The van der Waals surface area contributed by atoms with Gasteiger partial charge in [-0.2, -0.15) is 37.4 Å². The van der Waals surface area contributed by atoms with Crippen LogP contribution in [-0.2, 0) is 12.1 Å². The van der Waals surface area contributed by atoms with Gasteiger partial charge >= 0.3 is 12.1 Å². The average Bonchev–Trinajstić information content (AvgIpc) is 3.70. The molecule has 0 amide bonds. The van der Waals surface area contributed by atoms with Crippen LogP contribution in [0.25, 0.3) is 16.6 Å². The highest BCUT2D eigenvalue weighted by atomic mass is 19.4. The molecule has 47 heavy (non-hydrogen) atoms. The number of aromatic nitrogens is 7. The predicted octanol–water partition coefficient (Wildman–Crippen LogP) is 7.60. The summed E-state index contributed by atoms with van der Waals surface area (Å²) in [6.45, 7) is 8.80. The second-order valence-corrected chi connectivity index (χ2v) is 9.99. The number of anilines is 3. The van der Waals surface area contributed by atoms with E-state index in [1.807, 2.05) is 6.07 Å². The Balaban J connectivity index is 1.57. The number of pyridine rings is 1. The molecule has 15 heteroatoms. The Bertz CT molecular complexity index is 2120. The molecule has 10 nitrogen and oxygen atoms in total. The van der Waals surface area contributed by atoms with Gasteiger partial charge in [0.1, 0.15) is 17.5 Å². The van der Waals surface area contributed by atoms with E-state index in [0.29, 0.717) is 21.8 Å². The number of benzene rings is 2. The van der Waals surface area contributed by atoms with Crippen molar-refractivity contribution >= 4 is 22.7 Å². The smallest absolute Gasteiger partial charge is 0.310 e. The molecule has 6 aromatic rings. The Kier molecular flexibility index (Phi) is 7.66. The molecule has 0 aliphatic heterocycles. The van der Waals surface area contributed by atoms with Crippen LogP contribution in [0.15, 0.2) is 97.5 Å². The van der Waals surface area contributed by atoms with Gasteiger partial charge in [-0.1, -0.05) is 36.4 Å². The highest BCUT2D eigenvalue weighted by molar-refractivity contribution is 5.77. The van der Waals surface area contributed by atoms with Gasteiger partial charge in [0.25, 0.3) is 5.95 Å². The van der Waals surface area contributed by atoms with Crippen LogP contribution in [0.2, 0.25) is 0 Å². The minimum absolute atomic E-state index is 0.103. The molecule has 0 saturated heterocycles. The summed E-state index contributed by atoms with van der Waals surface area (Å²) in [6.07, 6.45) is -1.81. The molecule has 0 radical (unpaired) electrons. The highest BCUT2D eigenvalue weighted by Gasteiger charge is 2.40. The first-order chi connectivity index (χ1) is 22.5. The van der Waals surface area contributed by atoms with Crippen LogP contribution in [0.1, 0.15) is 28.3 Å². The van der Waals surface area contributed by atoms with E-state index in [9.17, 15) is 18.4 Å². The third-order valence-electron chi connectivity index (χ3n) is 6.91. The van der Waals surface area contributed by atoms with Crippen molar-refractivity contribution in [1.82, 2.24) is 34.5 Å². The number of hydrogen-bond acceptors (Lipinski definition) is 7. The summed E-state index contributed by atoms with van der Waals surface area (Å²) in [5.41, 5.74) is -2.25. The lowest BCUT2D eigenvalue weighted by Gasteiger charge is -2.27. The Labute approximate surface area is 263 Å². The summed E-state index contributed by atoms with van der Waals surface area (Å²) in [5, 5.41) is 16.9. The first-order valence-corrected chi connectivity index (χ1v) is 13.6. The quantitative estimate of drug-likeness (QED) is 0.131. The van der Waals surface area contributed by atoms with E-state index in [1.54, 1.807) is 72.5 Å². The van der Waals surface area contributed by atoms with E-state index in [1.165, 1.54) is 12.3 Å². The third kappa shape index (κ3) is 5.85. The molecule has 0 bridgehead atoms.